The highest BCUT2D eigenvalue weighted by molar-refractivity contribution is 6.11. The summed E-state index contributed by atoms with van der Waals surface area (Å²) >= 11 is 0. The molecule has 0 spiro atoms. The molecular weight excluding hydrogens is 190 g/mol. The highest BCUT2D eigenvalue weighted by Crippen LogP contribution is 2.12. The van der Waals surface area contributed by atoms with E-state index in [4.69, 9.17) is 5.26 Å². The fraction of sp³-hybridized carbons (Fsp3) is 0.167. The van der Waals surface area contributed by atoms with Crippen LogP contribution in [0.15, 0.2) is 41.7 Å². The smallest absolute Gasteiger partial charge is 0.206 e. The van der Waals surface area contributed by atoms with Crippen molar-refractivity contribution in [2.24, 2.45) is 0 Å². The minimum absolute atomic E-state index is 0.161. The second-order valence-corrected chi connectivity index (χ2v) is 2.98. The lowest BCUT2D eigenvalue weighted by Crippen LogP contribution is -2.04. The first-order chi connectivity index (χ1) is 7.20. The first kappa shape index (κ1) is 11.0. The molecule has 3 nitrogen and oxygen atoms in total. The fourth-order valence-electron chi connectivity index (χ4n) is 1.16. The second-order valence-electron chi connectivity index (χ2n) is 2.98. The van der Waals surface area contributed by atoms with Crippen LogP contribution < -0.4 is 0 Å². The Kier molecular flexibility index (Phi) is 3.64. The third kappa shape index (κ3) is 2.44. The monoisotopic (exact) mass is 201 g/mol. The lowest BCUT2D eigenvalue weighted by Gasteiger charge is -2.01. The van der Waals surface area contributed by atoms with E-state index in [0.29, 0.717) is 5.56 Å². The number of rotatable bonds is 3. The van der Waals surface area contributed by atoms with Gasteiger partial charge in [0.1, 0.15) is 17.4 Å². The number of hydrogen-bond acceptors (Lipinski definition) is 3. The zero-order valence-electron chi connectivity index (χ0n) is 8.40. The topological polar surface area (TPSA) is 61.1 Å². The highest BCUT2D eigenvalue weighted by atomic mass is 16.3. The zero-order chi connectivity index (χ0) is 11.3. The van der Waals surface area contributed by atoms with E-state index in [-0.39, 0.29) is 17.8 Å². The van der Waals surface area contributed by atoms with Gasteiger partial charge in [0.05, 0.1) is 0 Å². The molecule has 76 valence electrons. The fourth-order valence-corrected chi connectivity index (χ4v) is 1.16. The normalized spacial score (nSPS) is 11.5. The number of ketones is 1. The molecule has 0 heterocycles. The molecule has 0 radical (unpaired) electrons. The van der Waals surface area contributed by atoms with Gasteiger partial charge in [-0.15, -0.1) is 0 Å². The average Bonchev–Trinajstić information content (AvgIpc) is 2.30. The molecule has 0 aliphatic rings. The lowest BCUT2D eigenvalue weighted by molar-refractivity contribution is 0.103. The van der Waals surface area contributed by atoms with Gasteiger partial charge in [-0.25, -0.2) is 0 Å². The Hall–Kier alpha value is -2.08. The Morgan fingerprint density at radius 3 is 2.47 bits per heavy atom. The molecule has 1 N–H and O–H groups in total. The van der Waals surface area contributed by atoms with E-state index in [0.717, 1.165) is 0 Å². The van der Waals surface area contributed by atoms with Crippen LogP contribution in [0.1, 0.15) is 23.7 Å². The number of aliphatic hydroxyl groups excluding tert-OH is 1. The number of carbonyl (C=O) groups excluding carboxylic acids is 1. The maximum atomic E-state index is 11.7. The van der Waals surface area contributed by atoms with Crippen molar-refractivity contribution in [1.82, 2.24) is 0 Å². The first-order valence-electron chi connectivity index (χ1n) is 4.62. The van der Waals surface area contributed by atoms with Gasteiger partial charge in [-0.2, -0.15) is 5.26 Å². The van der Waals surface area contributed by atoms with Crippen LogP contribution in [0.5, 0.6) is 0 Å². The Morgan fingerprint density at radius 2 is 2.00 bits per heavy atom. The van der Waals surface area contributed by atoms with Crippen LogP contribution in [-0.2, 0) is 0 Å². The molecule has 0 amide bonds. The molecule has 0 saturated heterocycles. The van der Waals surface area contributed by atoms with Crippen molar-refractivity contribution in [2.45, 2.75) is 13.3 Å². The largest absolute Gasteiger partial charge is 0.511 e. The van der Waals surface area contributed by atoms with Gasteiger partial charge in [0.25, 0.3) is 0 Å². The summed E-state index contributed by atoms with van der Waals surface area (Å²) in [4.78, 5) is 11.7. The van der Waals surface area contributed by atoms with E-state index in [1.54, 1.807) is 43.3 Å². The van der Waals surface area contributed by atoms with Crippen LogP contribution in [-0.4, -0.2) is 10.9 Å². The molecule has 0 aliphatic carbocycles. The summed E-state index contributed by atoms with van der Waals surface area (Å²) in [6.45, 7) is 1.69. The van der Waals surface area contributed by atoms with Gasteiger partial charge >= 0.3 is 0 Å². The molecule has 3 heteroatoms. The van der Waals surface area contributed by atoms with Crippen LogP contribution in [0.4, 0.5) is 0 Å². The molecule has 0 aliphatic heterocycles. The van der Waals surface area contributed by atoms with Crippen molar-refractivity contribution in [3.05, 3.63) is 47.2 Å². The minimum atomic E-state index is -0.433. The molecule has 15 heavy (non-hydrogen) atoms. The zero-order valence-corrected chi connectivity index (χ0v) is 8.40. The Balaban J connectivity index is 3.11. The van der Waals surface area contributed by atoms with Crippen LogP contribution in [0.3, 0.4) is 0 Å². The molecular formula is C12H11NO2. The van der Waals surface area contributed by atoms with Crippen molar-refractivity contribution in [2.75, 3.05) is 0 Å². The predicted octanol–water partition coefficient (Wildman–Crippen LogP) is 2.61. The van der Waals surface area contributed by atoms with Crippen LogP contribution >= 0.6 is 0 Å². The quantitative estimate of drug-likeness (QED) is 0.354. The third-order valence-corrected chi connectivity index (χ3v) is 2.00. The average molecular weight is 201 g/mol. The van der Waals surface area contributed by atoms with Gasteiger partial charge in [0, 0.05) is 12.0 Å². The summed E-state index contributed by atoms with van der Waals surface area (Å²) in [5, 5.41) is 18.2. The number of nitriles is 1. The molecule has 1 aromatic rings. The van der Waals surface area contributed by atoms with Crippen molar-refractivity contribution < 1.29 is 9.90 Å². The van der Waals surface area contributed by atoms with Gasteiger partial charge in [-0.3, -0.25) is 4.79 Å². The van der Waals surface area contributed by atoms with Crippen molar-refractivity contribution in [3.8, 4) is 6.07 Å². The third-order valence-electron chi connectivity index (χ3n) is 2.00. The number of nitrogens with zero attached hydrogens (tertiary/aromatic N) is 1. The maximum absolute atomic E-state index is 11.7. The Labute approximate surface area is 88.3 Å². The van der Waals surface area contributed by atoms with E-state index in [1.807, 2.05) is 0 Å². The summed E-state index contributed by atoms with van der Waals surface area (Å²) in [6.07, 6.45) is 0.279. The van der Waals surface area contributed by atoms with Gasteiger partial charge in [0.2, 0.25) is 5.78 Å². The Morgan fingerprint density at radius 1 is 1.40 bits per heavy atom. The van der Waals surface area contributed by atoms with Crippen molar-refractivity contribution >= 4 is 5.78 Å². The van der Waals surface area contributed by atoms with Gasteiger partial charge < -0.3 is 5.11 Å². The van der Waals surface area contributed by atoms with E-state index in [1.165, 1.54) is 0 Å². The molecule has 0 unspecified atom stereocenters. The molecule has 0 atom stereocenters. The molecule has 0 fully saturated rings. The number of benzene rings is 1. The van der Waals surface area contributed by atoms with Gasteiger partial charge in [0.15, 0.2) is 0 Å². The summed E-state index contributed by atoms with van der Waals surface area (Å²) in [7, 11) is 0. The highest BCUT2D eigenvalue weighted by Gasteiger charge is 2.15. The number of carbonyl (C=O) groups is 1. The number of hydrogen-bond donors (Lipinski definition) is 1. The summed E-state index contributed by atoms with van der Waals surface area (Å²) in [6, 6.07) is 10.2. The molecule has 0 bridgehead atoms. The Bertz CT molecular complexity index is 427. The summed E-state index contributed by atoms with van der Waals surface area (Å²) < 4.78 is 0. The van der Waals surface area contributed by atoms with E-state index in [9.17, 15) is 9.90 Å². The number of Topliss-reactive ketones (excluding diaryl/α,β-unsaturated/α-hetero) is 1. The first-order valence-corrected chi connectivity index (χ1v) is 4.62. The van der Waals surface area contributed by atoms with E-state index >= 15 is 0 Å². The van der Waals surface area contributed by atoms with Gasteiger partial charge in [-0.1, -0.05) is 37.3 Å². The molecule has 1 rings (SSSR count). The maximum Gasteiger partial charge on any atom is 0.206 e. The molecule has 0 saturated carbocycles. The van der Waals surface area contributed by atoms with Crippen LogP contribution in [0.25, 0.3) is 0 Å². The van der Waals surface area contributed by atoms with Gasteiger partial charge in [-0.05, 0) is 0 Å². The number of allylic oxidation sites excluding steroid dienone is 2. The minimum Gasteiger partial charge on any atom is -0.511 e. The number of aliphatic hydroxyl groups is 1. The van der Waals surface area contributed by atoms with Crippen molar-refractivity contribution in [3.63, 3.8) is 0 Å². The lowest BCUT2D eigenvalue weighted by atomic mass is 10.0. The van der Waals surface area contributed by atoms with Crippen LogP contribution in [0, 0.1) is 11.3 Å². The summed E-state index contributed by atoms with van der Waals surface area (Å²) in [5.41, 5.74) is 0.234. The molecule has 0 aromatic heterocycles. The standard InChI is InChI=1S/C12H11NO2/c1-2-11(14)10(8-13)12(15)9-6-4-3-5-7-9/h3-7,14H,2H2,1H3/b11-10-. The van der Waals surface area contributed by atoms with Crippen molar-refractivity contribution in [1.29, 1.82) is 5.26 Å². The van der Waals surface area contributed by atoms with Crippen LogP contribution in [0.2, 0.25) is 0 Å². The van der Waals surface area contributed by atoms with E-state index < -0.39 is 5.78 Å². The molecule has 1 aromatic carbocycles. The second kappa shape index (κ2) is 4.97. The SMILES string of the molecule is CC/C(O)=C(\C#N)C(=O)c1ccccc1. The predicted molar refractivity (Wildman–Crippen MR) is 56.3 cm³/mol. The summed E-state index contributed by atoms with van der Waals surface area (Å²) in [5.74, 6) is -0.594. The van der Waals surface area contributed by atoms with E-state index in [2.05, 4.69) is 0 Å².